The summed E-state index contributed by atoms with van der Waals surface area (Å²) in [4.78, 5) is 47.9. The molecule has 2 aromatic rings. The number of fused-ring (bicyclic) bond motifs is 1. The van der Waals surface area contributed by atoms with Crippen LogP contribution >= 0.6 is 0 Å². The number of nitrogens with one attached hydrogen (secondary N) is 2. The van der Waals surface area contributed by atoms with Crippen molar-refractivity contribution >= 4 is 29.7 Å². The van der Waals surface area contributed by atoms with E-state index in [0.29, 0.717) is 0 Å². The van der Waals surface area contributed by atoms with Crippen LogP contribution in [0.25, 0.3) is 0 Å². The van der Waals surface area contributed by atoms with Crippen molar-refractivity contribution in [1.82, 2.24) is 15.1 Å². The molecule has 0 radical (unpaired) electrons. The second kappa shape index (κ2) is 9.54. The molecular weight excluding hydrogens is 620 g/mol. The first-order chi connectivity index (χ1) is 20.9. The number of guanidine groups is 2. The smallest absolute Gasteiger partial charge is 0.417 e. The Morgan fingerprint density at radius 3 is 2.24 bits per heavy atom. The zero-order chi connectivity index (χ0) is 32.9. The number of esters is 1. The highest BCUT2D eigenvalue weighted by atomic mass is 19.4. The van der Waals surface area contributed by atoms with E-state index < -0.39 is 95.5 Å². The molecule has 45 heavy (non-hydrogen) atoms. The van der Waals surface area contributed by atoms with E-state index >= 15 is 0 Å². The van der Waals surface area contributed by atoms with Gasteiger partial charge < -0.3 is 20.7 Å². The molecule has 1 saturated heterocycles. The summed E-state index contributed by atoms with van der Waals surface area (Å²) in [6.45, 7) is -1.18. The summed E-state index contributed by atoms with van der Waals surface area (Å²) in [5.41, 5.74) is 5.20. The summed E-state index contributed by atoms with van der Waals surface area (Å²) >= 11 is 0. The molecular formula is C26H22F6N7O6+. The van der Waals surface area contributed by atoms with Crippen molar-refractivity contribution in [3.63, 3.8) is 0 Å². The Balaban J connectivity index is 1.33. The van der Waals surface area contributed by atoms with Crippen LogP contribution in [0.2, 0.25) is 0 Å². The minimum absolute atomic E-state index is 0.0555. The van der Waals surface area contributed by atoms with Crippen molar-refractivity contribution in [2.24, 2.45) is 16.5 Å². The summed E-state index contributed by atoms with van der Waals surface area (Å²) < 4.78 is 85.9. The summed E-state index contributed by atoms with van der Waals surface area (Å²) in [7, 11) is 0. The minimum atomic E-state index is -5.28. The third-order valence-electron chi connectivity index (χ3n) is 8.20. The number of halogens is 6. The lowest BCUT2D eigenvalue weighted by atomic mass is 9.85. The normalized spacial score (nSPS) is 27.0. The number of imide groups is 1. The lowest BCUT2D eigenvalue weighted by Crippen LogP contribution is -2.90. The number of alkyl halides is 6. The predicted octanol–water partition coefficient (Wildman–Crippen LogP) is -1.70. The maximum atomic E-state index is 13.7. The highest BCUT2D eigenvalue weighted by Crippen LogP contribution is 2.44. The average molecular weight is 642 g/mol. The van der Waals surface area contributed by atoms with E-state index in [1.807, 2.05) is 0 Å². The maximum absolute atomic E-state index is 13.7. The van der Waals surface area contributed by atoms with Crippen LogP contribution in [0.5, 0.6) is 0 Å². The van der Waals surface area contributed by atoms with Gasteiger partial charge in [0.2, 0.25) is 0 Å². The van der Waals surface area contributed by atoms with Crippen molar-refractivity contribution in [1.29, 1.82) is 0 Å². The summed E-state index contributed by atoms with van der Waals surface area (Å²) in [6, 6.07) is 3.59. The molecule has 1 fully saturated rings. The van der Waals surface area contributed by atoms with Gasteiger partial charge in [-0.2, -0.15) is 26.3 Å². The van der Waals surface area contributed by atoms with Gasteiger partial charge in [-0.05, 0) is 30.3 Å². The van der Waals surface area contributed by atoms with Crippen LogP contribution in [0.3, 0.4) is 0 Å². The van der Waals surface area contributed by atoms with E-state index in [9.17, 15) is 50.9 Å². The van der Waals surface area contributed by atoms with Gasteiger partial charge >= 0.3 is 24.3 Å². The van der Waals surface area contributed by atoms with Crippen LogP contribution in [0, 0.1) is 0 Å². The molecule has 4 heterocycles. The van der Waals surface area contributed by atoms with E-state index in [0.717, 1.165) is 9.80 Å². The number of amides is 2. The van der Waals surface area contributed by atoms with E-state index in [4.69, 9.17) is 16.2 Å². The van der Waals surface area contributed by atoms with Gasteiger partial charge in [-0.25, -0.2) is 15.1 Å². The van der Waals surface area contributed by atoms with Crippen LogP contribution in [-0.4, -0.2) is 92.4 Å². The van der Waals surface area contributed by atoms with Crippen LogP contribution in [-0.2, 0) is 17.1 Å². The number of nitrogens with zero attached hydrogens (tertiary/aromatic N) is 3. The van der Waals surface area contributed by atoms with Crippen molar-refractivity contribution in [3.8, 4) is 0 Å². The Morgan fingerprint density at radius 1 is 1.04 bits per heavy atom. The minimum Gasteiger partial charge on any atom is -0.451 e. The summed E-state index contributed by atoms with van der Waals surface area (Å²) in [5, 5.41) is 25.6. The van der Waals surface area contributed by atoms with E-state index in [2.05, 4.69) is 15.3 Å². The number of hydrogen-bond acceptors (Lipinski definition) is 11. The lowest BCUT2D eigenvalue weighted by molar-refractivity contribution is -0.522. The fraction of sp³-hybridized carbons (Fsp3) is 0.346. The van der Waals surface area contributed by atoms with Gasteiger partial charge in [0.25, 0.3) is 23.3 Å². The average Bonchev–Trinajstić information content (AvgIpc) is 3.51. The van der Waals surface area contributed by atoms with E-state index in [1.54, 1.807) is 12.1 Å². The Labute approximate surface area is 247 Å². The first-order valence-electron chi connectivity index (χ1n) is 13.1. The van der Waals surface area contributed by atoms with Gasteiger partial charge in [-0.15, -0.1) is 0 Å². The Morgan fingerprint density at radius 2 is 1.67 bits per heavy atom. The molecule has 8 N–H and O–H groups in total. The molecule has 1 spiro atoms. The number of carbonyl (C=O) groups excluding carboxylic acids is 3. The molecule has 0 bridgehead atoms. The topological polar surface area (TPSA) is 198 Å². The number of hydrogen-bond donors (Lipinski definition) is 6. The molecule has 4 aliphatic heterocycles. The standard InChI is InChI=1S/C26H21F6N7O6/c27-25(28,29)10-5-6-14(26(30,31)32)13(7-10)20(42)45-16-9-39-22(34)35-15(17-23(39,24(16,43)44)37-21(33)36-17)8-38-18(40)11-3-1-2-4-12(11)19(38)41/h1-7,15-17,43-44H,8-9H2,(H2,34,35)(H3,33,36,37)/p+1/t15-,16-,17-,23-/m0/s1. The molecule has 0 saturated carbocycles. The molecule has 0 unspecified atom stereocenters. The van der Waals surface area contributed by atoms with E-state index in [1.165, 1.54) is 12.1 Å². The van der Waals surface area contributed by atoms with Crippen molar-refractivity contribution < 1.29 is 60.7 Å². The Hall–Kier alpha value is -4.91. The van der Waals surface area contributed by atoms with Crippen molar-refractivity contribution in [2.45, 2.75) is 42.0 Å². The van der Waals surface area contributed by atoms with Gasteiger partial charge in [0.15, 0.2) is 18.1 Å². The van der Waals surface area contributed by atoms with Crippen LogP contribution in [0.4, 0.5) is 26.3 Å². The monoisotopic (exact) mass is 642 g/mol. The van der Waals surface area contributed by atoms with E-state index in [-0.39, 0.29) is 35.3 Å². The fourth-order valence-electron chi connectivity index (χ4n) is 6.18. The SMILES string of the molecule is NC1=N[C@@H](CN2C(=O)c3ccccc3C2=O)[C@@H]2[NH+]=C(N)N[C@]23N1C[C@H](OC(=O)c1cc(C(F)(F)F)ccc1C(F)(F)F)C3(O)O. The quantitative estimate of drug-likeness (QED) is 0.0968. The molecule has 6 rings (SSSR count). The number of ether oxygens (including phenoxy) is 1. The third kappa shape index (κ3) is 4.36. The number of carbonyl (C=O) groups is 3. The second-order valence-corrected chi connectivity index (χ2v) is 10.7. The predicted molar refractivity (Wildman–Crippen MR) is 137 cm³/mol. The van der Waals surface area contributed by atoms with Crippen LogP contribution in [0.15, 0.2) is 47.5 Å². The van der Waals surface area contributed by atoms with Gasteiger partial charge in [-0.3, -0.25) is 30.1 Å². The summed E-state index contributed by atoms with van der Waals surface area (Å²) in [6.07, 6.45) is -12.5. The maximum Gasteiger partial charge on any atom is 0.417 e. The molecule has 0 aliphatic carbocycles. The first-order valence-corrected chi connectivity index (χ1v) is 13.1. The zero-order valence-electron chi connectivity index (χ0n) is 22.5. The van der Waals surface area contributed by atoms with Gasteiger partial charge in [-0.1, -0.05) is 12.1 Å². The molecule has 2 aromatic carbocycles. The Kier molecular flexibility index (Phi) is 6.39. The Bertz CT molecular complexity index is 1670. The molecule has 2 amide bonds. The number of benzene rings is 2. The largest absolute Gasteiger partial charge is 0.451 e. The second-order valence-electron chi connectivity index (χ2n) is 10.7. The first kappa shape index (κ1) is 30.1. The number of rotatable bonds is 4. The van der Waals surface area contributed by atoms with Gasteiger partial charge in [0, 0.05) is 0 Å². The van der Waals surface area contributed by atoms with Crippen molar-refractivity contribution in [3.05, 3.63) is 70.3 Å². The number of nitrogens with two attached hydrogens (primary N) is 2. The fourth-order valence-corrected chi connectivity index (χ4v) is 6.18. The van der Waals surface area contributed by atoms with Gasteiger partial charge in [0.05, 0.1) is 40.9 Å². The molecule has 13 nitrogen and oxygen atoms in total. The van der Waals surface area contributed by atoms with Crippen LogP contribution < -0.4 is 21.8 Å². The highest BCUT2D eigenvalue weighted by Gasteiger charge is 2.77. The molecule has 19 heteroatoms. The van der Waals surface area contributed by atoms with Gasteiger partial charge in [0.1, 0.15) is 6.04 Å². The third-order valence-corrected chi connectivity index (χ3v) is 8.20. The molecule has 0 aromatic heterocycles. The number of aliphatic imine (C=N–C) groups is 1. The molecule has 4 atom stereocenters. The van der Waals surface area contributed by atoms with Crippen molar-refractivity contribution in [2.75, 3.05) is 13.1 Å². The molecule has 4 aliphatic rings. The highest BCUT2D eigenvalue weighted by molar-refractivity contribution is 6.21. The zero-order valence-corrected chi connectivity index (χ0v) is 22.5. The number of aliphatic hydroxyl groups is 2. The summed E-state index contributed by atoms with van der Waals surface area (Å²) in [5.74, 6) is -7.25. The van der Waals surface area contributed by atoms with Crippen LogP contribution in [0.1, 0.15) is 42.2 Å². The molecule has 238 valence electrons. The lowest BCUT2D eigenvalue weighted by Gasteiger charge is -2.46.